The van der Waals surface area contributed by atoms with Gasteiger partial charge in [0, 0.05) is 7.11 Å². The maximum absolute atomic E-state index is 11.9. The van der Waals surface area contributed by atoms with Gasteiger partial charge in [-0.2, -0.15) is 5.10 Å². The fraction of sp³-hybridized carbons (Fsp3) is 0.538. The van der Waals surface area contributed by atoms with Crippen LogP contribution in [0.15, 0.2) is 11.0 Å². The van der Waals surface area contributed by atoms with Crippen molar-refractivity contribution < 1.29 is 4.74 Å². The number of nitrogens with zero attached hydrogens (tertiary/aromatic N) is 2. The molecule has 1 N–H and O–H groups in total. The second-order valence-corrected chi connectivity index (χ2v) is 4.42. The Kier molecular flexibility index (Phi) is 6.40. The number of ether oxygens (including phenoxy) is 1. The van der Waals surface area contributed by atoms with Gasteiger partial charge in [0.15, 0.2) is 0 Å². The Bertz CT molecular complexity index is 508. The van der Waals surface area contributed by atoms with Crippen molar-refractivity contribution in [2.75, 3.05) is 19.0 Å². The second kappa shape index (κ2) is 7.82. The zero-order valence-electron chi connectivity index (χ0n) is 11.1. The van der Waals surface area contributed by atoms with E-state index in [9.17, 15) is 4.79 Å². The number of halogens is 1. The van der Waals surface area contributed by atoms with Crippen LogP contribution in [-0.2, 0) is 11.3 Å². The number of rotatable bonds is 7. The van der Waals surface area contributed by atoms with E-state index in [1.165, 1.54) is 10.9 Å². The Balaban J connectivity index is 2.90. The Labute approximate surface area is 117 Å². The standard InChI is InChI=1S/C13H18ClN3O2/c1-4-6-10(5-2)16-11-9-15-17(7-8-19-3)13(18)12(11)14/h2,9-10,16H,4,6-8H2,1,3H3. The number of methoxy groups -OCH3 is 1. The molecule has 1 rings (SSSR count). The molecule has 1 heterocycles. The van der Waals surface area contributed by atoms with Crippen LogP contribution < -0.4 is 10.9 Å². The zero-order chi connectivity index (χ0) is 14.3. The van der Waals surface area contributed by atoms with Crippen LogP contribution in [0.3, 0.4) is 0 Å². The van der Waals surface area contributed by atoms with Gasteiger partial charge in [-0.15, -0.1) is 6.42 Å². The topological polar surface area (TPSA) is 56.1 Å². The smallest absolute Gasteiger partial charge is 0.287 e. The summed E-state index contributed by atoms with van der Waals surface area (Å²) in [7, 11) is 1.56. The molecule has 0 fully saturated rings. The molecule has 6 heteroatoms. The molecular weight excluding hydrogens is 266 g/mol. The minimum Gasteiger partial charge on any atom is -0.383 e. The average molecular weight is 284 g/mol. The summed E-state index contributed by atoms with van der Waals surface area (Å²) < 4.78 is 6.17. The highest BCUT2D eigenvalue weighted by atomic mass is 35.5. The monoisotopic (exact) mass is 283 g/mol. The van der Waals surface area contributed by atoms with E-state index in [1.54, 1.807) is 7.11 Å². The van der Waals surface area contributed by atoms with Crippen LogP contribution in [0.4, 0.5) is 5.69 Å². The van der Waals surface area contributed by atoms with Crippen molar-refractivity contribution in [3.8, 4) is 12.3 Å². The first-order valence-corrected chi connectivity index (χ1v) is 6.49. The third-order valence-corrected chi connectivity index (χ3v) is 2.97. The van der Waals surface area contributed by atoms with Crippen molar-refractivity contribution in [3.05, 3.63) is 21.6 Å². The third kappa shape index (κ3) is 4.27. The van der Waals surface area contributed by atoms with Crippen LogP contribution in [-0.4, -0.2) is 29.5 Å². The van der Waals surface area contributed by atoms with E-state index in [0.29, 0.717) is 18.8 Å². The molecule has 5 nitrogen and oxygen atoms in total. The molecule has 104 valence electrons. The normalized spacial score (nSPS) is 11.9. The maximum atomic E-state index is 11.9. The van der Waals surface area contributed by atoms with Gasteiger partial charge in [0.25, 0.3) is 5.56 Å². The lowest BCUT2D eigenvalue weighted by atomic mass is 10.2. The number of nitrogens with one attached hydrogen (secondary N) is 1. The van der Waals surface area contributed by atoms with Gasteiger partial charge >= 0.3 is 0 Å². The highest BCUT2D eigenvalue weighted by Crippen LogP contribution is 2.17. The van der Waals surface area contributed by atoms with Gasteiger partial charge in [-0.1, -0.05) is 30.9 Å². The van der Waals surface area contributed by atoms with E-state index in [4.69, 9.17) is 22.8 Å². The van der Waals surface area contributed by atoms with Crippen molar-refractivity contribution in [1.82, 2.24) is 9.78 Å². The number of hydrogen-bond donors (Lipinski definition) is 1. The highest BCUT2D eigenvalue weighted by molar-refractivity contribution is 6.32. The van der Waals surface area contributed by atoms with Crippen LogP contribution in [0.5, 0.6) is 0 Å². The van der Waals surface area contributed by atoms with Gasteiger partial charge in [0.2, 0.25) is 0 Å². The largest absolute Gasteiger partial charge is 0.383 e. The first-order valence-electron chi connectivity index (χ1n) is 6.11. The van der Waals surface area contributed by atoms with Gasteiger partial charge in [0.1, 0.15) is 5.02 Å². The molecule has 0 aliphatic heterocycles. The number of hydrogen-bond acceptors (Lipinski definition) is 4. The number of aromatic nitrogens is 2. The van der Waals surface area contributed by atoms with Crippen molar-refractivity contribution in [2.24, 2.45) is 0 Å². The Hall–Kier alpha value is -1.51. The summed E-state index contributed by atoms with van der Waals surface area (Å²) in [6, 6.07) is -0.154. The summed E-state index contributed by atoms with van der Waals surface area (Å²) in [6.07, 6.45) is 8.68. The molecule has 1 aromatic heterocycles. The van der Waals surface area contributed by atoms with E-state index in [-0.39, 0.29) is 16.6 Å². The van der Waals surface area contributed by atoms with Gasteiger partial charge in [-0.25, -0.2) is 4.68 Å². The second-order valence-electron chi connectivity index (χ2n) is 4.05. The maximum Gasteiger partial charge on any atom is 0.287 e. The molecule has 0 aliphatic rings. The predicted octanol–water partition coefficient (Wildman–Crippen LogP) is 1.76. The molecule has 1 aromatic rings. The molecular formula is C13H18ClN3O2. The minimum atomic E-state index is -0.351. The highest BCUT2D eigenvalue weighted by Gasteiger charge is 2.12. The number of terminal acetylenes is 1. The van der Waals surface area contributed by atoms with Crippen LogP contribution in [0.1, 0.15) is 19.8 Å². The summed E-state index contributed by atoms with van der Waals surface area (Å²) in [5.41, 5.74) is 0.118. The predicted molar refractivity (Wildman–Crippen MR) is 76.5 cm³/mol. The average Bonchev–Trinajstić information content (AvgIpc) is 2.42. The molecule has 0 saturated heterocycles. The van der Waals surface area contributed by atoms with Crippen molar-refractivity contribution in [1.29, 1.82) is 0 Å². The SMILES string of the molecule is C#CC(CCC)Nc1cnn(CCOC)c(=O)c1Cl. The fourth-order valence-corrected chi connectivity index (χ4v) is 1.78. The van der Waals surface area contributed by atoms with Gasteiger partial charge < -0.3 is 10.1 Å². The van der Waals surface area contributed by atoms with Gasteiger partial charge in [-0.05, 0) is 6.42 Å². The van der Waals surface area contributed by atoms with Crippen molar-refractivity contribution in [3.63, 3.8) is 0 Å². The molecule has 1 atom stereocenters. The Morgan fingerprint density at radius 2 is 2.42 bits per heavy atom. The molecule has 0 spiro atoms. The van der Waals surface area contributed by atoms with E-state index in [0.717, 1.165) is 12.8 Å². The lowest BCUT2D eigenvalue weighted by Gasteiger charge is -2.15. The summed E-state index contributed by atoms with van der Waals surface area (Å²) in [4.78, 5) is 11.9. The molecule has 0 aromatic carbocycles. The van der Waals surface area contributed by atoms with E-state index >= 15 is 0 Å². The minimum absolute atomic E-state index is 0.0995. The van der Waals surface area contributed by atoms with E-state index in [2.05, 4.69) is 16.3 Å². The first kappa shape index (κ1) is 15.5. The van der Waals surface area contributed by atoms with Crippen LogP contribution in [0, 0.1) is 12.3 Å². The van der Waals surface area contributed by atoms with Crippen molar-refractivity contribution >= 4 is 17.3 Å². The van der Waals surface area contributed by atoms with Crippen LogP contribution in [0.25, 0.3) is 0 Å². The fourth-order valence-electron chi connectivity index (χ4n) is 1.58. The lowest BCUT2D eigenvalue weighted by molar-refractivity contribution is 0.182. The molecule has 0 radical (unpaired) electrons. The van der Waals surface area contributed by atoms with Crippen LogP contribution >= 0.6 is 11.6 Å². The Morgan fingerprint density at radius 1 is 1.68 bits per heavy atom. The van der Waals surface area contributed by atoms with Crippen LogP contribution in [0.2, 0.25) is 5.02 Å². The summed E-state index contributed by atoms with van der Waals surface area (Å²) >= 11 is 6.03. The molecule has 1 unspecified atom stereocenters. The Morgan fingerprint density at radius 3 is 3.00 bits per heavy atom. The quantitative estimate of drug-likeness (QED) is 0.775. The summed E-state index contributed by atoms with van der Waals surface area (Å²) in [5.74, 6) is 2.62. The van der Waals surface area contributed by atoms with Crippen molar-refractivity contribution in [2.45, 2.75) is 32.4 Å². The lowest BCUT2D eigenvalue weighted by Crippen LogP contribution is -2.27. The first-order chi connectivity index (χ1) is 9.13. The molecule has 0 aliphatic carbocycles. The molecule has 0 saturated carbocycles. The zero-order valence-corrected chi connectivity index (χ0v) is 11.9. The van der Waals surface area contributed by atoms with E-state index < -0.39 is 0 Å². The molecule has 19 heavy (non-hydrogen) atoms. The third-order valence-electron chi connectivity index (χ3n) is 2.60. The summed E-state index contributed by atoms with van der Waals surface area (Å²) in [5, 5.41) is 7.18. The van der Waals surface area contributed by atoms with Gasteiger partial charge in [0.05, 0.1) is 31.1 Å². The molecule has 0 bridgehead atoms. The number of anilines is 1. The van der Waals surface area contributed by atoms with Gasteiger partial charge in [-0.3, -0.25) is 4.79 Å². The molecule has 0 amide bonds. The summed E-state index contributed by atoms with van der Waals surface area (Å²) in [6.45, 7) is 2.80. The van der Waals surface area contributed by atoms with E-state index in [1.807, 2.05) is 6.92 Å².